The summed E-state index contributed by atoms with van der Waals surface area (Å²) in [7, 11) is 0. The van der Waals surface area contributed by atoms with Crippen LogP contribution in [0.1, 0.15) is 155 Å². The number of carbonyl (C=O) groups is 2. The molecule has 0 aliphatic rings. The molecule has 0 aromatic heterocycles. The molecule has 4 heteroatoms. The van der Waals surface area contributed by atoms with Crippen LogP contribution in [0.5, 0.6) is 0 Å². The summed E-state index contributed by atoms with van der Waals surface area (Å²) in [6, 6.07) is 0. The number of unbranched alkanes of at least 4 members (excludes halogenated alkanes) is 21. The van der Waals surface area contributed by atoms with Gasteiger partial charge in [0.1, 0.15) is 0 Å². The van der Waals surface area contributed by atoms with Crippen LogP contribution in [0, 0.1) is 5.92 Å². The van der Waals surface area contributed by atoms with E-state index >= 15 is 0 Å². The Balaban J connectivity index is 3.25. The van der Waals surface area contributed by atoms with E-state index in [1.54, 1.807) is 0 Å². The van der Waals surface area contributed by atoms with Crippen molar-refractivity contribution in [2.24, 2.45) is 5.92 Å². The maximum absolute atomic E-state index is 11.0. The second kappa shape index (κ2) is 25.3. The molecule has 194 valence electrons. The van der Waals surface area contributed by atoms with E-state index in [0.717, 1.165) is 12.8 Å². The summed E-state index contributed by atoms with van der Waals surface area (Å²) in [5, 5.41) is 17.7. The van der Waals surface area contributed by atoms with E-state index in [4.69, 9.17) is 10.2 Å². The van der Waals surface area contributed by atoms with Crippen LogP contribution in [0.2, 0.25) is 0 Å². The van der Waals surface area contributed by atoms with Crippen molar-refractivity contribution in [1.82, 2.24) is 0 Å². The number of hydrogen-bond acceptors (Lipinski definition) is 2. The minimum Gasteiger partial charge on any atom is -0.481 e. The zero-order valence-corrected chi connectivity index (χ0v) is 21.7. The first kappa shape index (κ1) is 31.7. The van der Waals surface area contributed by atoms with Crippen LogP contribution in [0.25, 0.3) is 0 Å². The molecule has 0 aromatic carbocycles. The summed E-state index contributed by atoms with van der Waals surface area (Å²) in [4.78, 5) is 21.6. The molecule has 1 unspecified atom stereocenters. The lowest BCUT2D eigenvalue weighted by Gasteiger charge is -2.04. The average Bonchev–Trinajstić information content (AvgIpc) is 2.78. The van der Waals surface area contributed by atoms with Gasteiger partial charge in [0.15, 0.2) is 0 Å². The summed E-state index contributed by atoms with van der Waals surface area (Å²) in [5.74, 6) is -3.04. The Morgan fingerprint density at radius 3 is 1.21 bits per heavy atom. The fourth-order valence-electron chi connectivity index (χ4n) is 4.38. The van der Waals surface area contributed by atoms with Crippen LogP contribution >= 0.6 is 0 Å². The van der Waals surface area contributed by atoms with E-state index in [1.165, 1.54) is 134 Å². The van der Waals surface area contributed by atoms with Crippen molar-refractivity contribution >= 4 is 11.9 Å². The first-order chi connectivity index (χ1) is 16.1. The molecule has 0 saturated carbocycles. The van der Waals surface area contributed by atoms with Gasteiger partial charge in [-0.1, -0.05) is 147 Å². The molecular weight excluding hydrogens is 412 g/mol. The van der Waals surface area contributed by atoms with Crippen molar-refractivity contribution in [2.45, 2.75) is 155 Å². The smallest absolute Gasteiger partial charge is 0.310 e. The van der Waals surface area contributed by atoms with E-state index in [9.17, 15) is 9.59 Å². The van der Waals surface area contributed by atoms with Gasteiger partial charge in [-0.15, -0.1) is 0 Å². The Morgan fingerprint density at radius 2 is 0.909 bits per heavy atom. The molecule has 0 saturated heterocycles. The number of carboxylic acids is 2. The monoisotopic (exact) mass is 466 g/mol. The number of carboxylic acid groups (broad SMARTS) is 2. The molecule has 0 aromatic rings. The molecule has 4 nitrogen and oxygen atoms in total. The average molecular weight is 467 g/mol. The van der Waals surface area contributed by atoms with Gasteiger partial charge in [0.05, 0.1) is 12.3 Å². The summed E-state index contributed by atoms with van der Waals surface area (Å²) in [6.07, 6.45) is 32.6. The number of allylic oxidation sites excluding steroid dienone is 1. The van der Waals surface area contributed by atoms with Gasteiger partial charge < -0.3 is 10.2 Å². The van der Waals surface area contributed by atoms with Gasteiger partial charge in [0.25, 0.3) is 0 Å². The normalized spacial score (nSPS) is 12.4. The molecule has 2 N–H and O–H groups in total. The lowest BCUT2D eigenvalue weighted by molar-refractivity contribution is -0.146. The molecule has 0 radical (unpaired) electrons. The minimum atomic E-state index is -1.07. The van der Waals surface area contributed by atoms with Gasteiger partial charge in [-0.05, 0) is 12.8 Å². The third kappa shape index (κ3) is 25.1. The zero-order chi connectivity index (χ0) is 24.4. The highest BCUT2D eigenvalue weighted by Crippen LogP contribution is 2.15. The topological polar surface area (TPSA) is 74.6 Å². The fourth-order valence-corrected chi connectivity index (χ4v) is 4.38. The Bertz CT molecular complexity index is 472. The highest BCUT2D eigenvalue weighted by molar-refractivity contribution is 5.79. The van der Waals surface area contributed by atoms with Gasteiger partial charge in [-0.3, -0.25) is 9.59 Å². The molecule has 0 fully saturated rings. The van der Waals surface area contributed by atoms with E-state index in [-0.39, 0.29) is 6.42 Å². The van der Waals surface area contributed by atoms with Gasteiger partial charge in [-0.25, -0.2) is 0 Å². The van der Waals surface area contributed by atoms with E-state index < -0.39 is 17.9 Å². The highest BCUT2D eigenvalue weighted by Gasteiger charge is 2.17. The summed E-state index contributed by atoms with van der Waals surface area (Å²) in [6.45, 7) is 2.28. The molecule has 0 aliphatic heterocycles. The predicted octanol–water partition coefficient (Wildman–Crippen LogP) is 9.32. The van der Waals surface area contributed by atoms with Crippen molar-refractivity contribution in [2.75, 3.05) is 0 Å². The Kier molecular flexibility index (Phi) is 24.3. The van der Waals surface area contributed by atoms with Gasteiger partial charge in [0, 0.05) is 0 Å². The van der Waals surface area contributed by atoms with Crippen molar-refractivity contribution in [3.05, 3.63) is 12.2 Å². The molecule has 1 atom stereocenters. The lowest BCUT2D eigenvalue weighted by atomic mass is 10.0. The second-order valence-corrected chi connectivity index (χ2v) is 9.83. The molecule has 0 rings (SSSR count). The van der Waals surface area contributed by atoms with E-state index in [2.05, 4.69) is 6.92 Å². The summed E-state index contributed by atoms with van der Waals surface area (Å²) < 4.78 is 0. The van der Waals surface area contributed by atoms with Crippen LogP contribution in [-0.4, -0.2) is 22.2 Å². The van der Waals surface area contributed by atoms with Crippen molar-refractivity contribution in [1.29, 1.82) is 0 Å². The largest absolute Gasteiger partial charge is 0.481 e. The third-order valence-corrected chi connectivity index (χ3v) is 6.55. The van der Waals surface area contributed by atoms with E-state index in [1.807, 2.05) is 6.08 Å². The number of aliphatic carboxylic acids is 2. The zero-order valence-electron chi connectivity index (χ0n) is 21.7. The first-order valence-corrected chi connectivity index (χ1v) is 14.2. The Morgan fingerprint density at radius 1 is 0.576 bits per heavy atom. The molecule has 0 spiro atoms. The maximum Gasteiger partial charge on any atom is 0.310 e. The van der Waals surface area contributed by atoms with Crippen molar-refractivity contribution in [3.8, 4) is 0 Å². The molecule has 0 heterocycles. The SMILES string of the molecule is CCCCCCCCCCCCCCCCCCCCCCCC=CC(CC(=O)O)C(=O)O. The fraction of sp³-hybridized carbons (Fsp3) is 0.862. The molecule has 0 aliphatic carbocycles. The lowest BCUT2D eigenvalue weighted by Crippen LogP contribution is -2.15. The van der Waals surface area contributed by atoms with Crippen LogP contribution in [-0.2, 0) is 9.59 Å². The maximum atomic E-state index is 11.0. The Hall–Kier alpha value is -1.32. The highest BCUT2D eigenvalue weighted by atomic mass is 16.4. The number of hydrogen-bond donors (Lipinski definition) is 2. The quantitative estimate of drug-likeness (QED) is 0.0983. The molecule has 0 bridgehead atoms. The van der Waals surface area contributed by atoms with Crippen LogP contribution in [0.15, 0.2) is 12.2 Å². The van der Waals surface area contributed by atoms with Crippen LogP contribution in [0.3, 0.4) is 0 Å². The van der Waals surface area contributed by atoms with Crippen LogP contribution < -0.4 is 0 Å². The molecular formula is C29H54O4. The predicted molar refractivity (Wildman–Crippen MR) is 140 cm³/mol. The van der Waals surface area contributed by atoms with Crippen molar-refractivity contribution in [3.63, 3.8) is 0 Å². The Labute approximate surface area is 204 Å². The number of rotatable bonds is 26. The van der Waals surface area contributed by atoms with Crippen molar-refractivity contribution < 1.29 is 19.8 Å². The summed E-state index contributed by atoms with van der Waals surface area (Å²) >= 11 is 0. The molecule has 33 heavy (non-hydrogen) atoms. The molecule has 0 amide bonds. The third-order valence-electron chi connectivity index (χ3n) is 6.55. The minimum absolute atomic E-state index is 0.342. The second-order valence-electron chi connectivity index (χ2n) is 9.83. The van der Waals surface area contributed by atoms with Gasteiger partial charge >= 0.3 is 11.9 Å². The summed E-state index contributed by atoms with van der Waals surface area (Å²) in [5.41, 5.74) is 0. The standard InChI is InChI=1S/C29H54O4/c1-2-3-4-5-6-7-8-9-10-11-12-13-14-15-16-17-18-19-20-21-22-23-24-25-27(29(32)33)26-28(30)31/h24-25,27H,2-23,26H2,1H3,(H,30,31)(H,32,33). The van der Waals surface area contributed by atoms with E-state index in [0.29, 0.717) is 0 Å². The van der Waals surface area contributed by atoms with Crippen LogP contribution in [0.4, 0.5) is 0 Å². The first-order valence-electron chi connectivity index (χ1n) is 14.2. The van der Waals surface area contributed by atoms with Gasteiger partial charge in [0.2, 0.25) is 0 Å². The van der Waals surface area contributed by atoms with Gasteiger partial charge in [-0.2, -0.15) is 0 Å².